The molecule has 4 heterocycles. The van der Waals surface area contributed by atoms with E-state index >= 15 is 0 Å². The Morgan fingerprint density at radius 3 is 2.75 bits per heavy atom. The summed E-state index contributed by atoms with van der Waals surface area (Å²) in [7, 11) is 0. The largest absolute Gasteiger partial charge is 0.342 e. The lowest BCUT2D eigenvalue weighted by Gasteiger charge is -2.39. The summed E-state index contributed by atoms with van der Waals surface area (Å²) in [5.74, 6) is 1.93. The molecule has 1 saturated heterocycles. The van der Waals surface area contributed by atoms with Crippen molar-refractivity contribution >= 4 is 5.91 Å². The van der Waals surface area contributed by atoms with Crippen LogP contribution in [0.1, 0.15) is 31.5 Å². The maximum absolute atomic E-state index is 12.3. The third kappa shape index (κ3) is 2.26. The Bertz CT molecular complexity index is 770. The number of aromatic nitrogens is 3. The predicted octanol–water partition coefficient (Wildman–Crippen LogP) is 2.52. The van der Waals surface area contributed by atoms with Gasteiger partial charge in [-0.2, -0.15) is 0 Å². The number of carbonyl (C=O) groups excluding carboxylic acids is 1. The van der Waals surface area contributed by atoms with Gasteiger partial charge in [0.25, 0.3) is 0 Å². The molecular weight excluding hydrogens is 300 g/mol. The third-order valence-corrected chi connectivity index (χ3v) is 5.98. The molecule has 1 spiro atoms. The Hall–Kier alpha value is -2.17. The SMILES string of the molecule is O=C(C1CC1)N1CCC2(CC1)Cc1ncc(-c3cccnc3)n1C2. The van der Waals surface area contributed by atoms with Gasteiger partial charge in [0.2, 0.25) is 5.91 Å². The van der Waals surface area contributed by atoms with E-state index < -0.39 is 0 Å². The number of carbonyl (C=O) groups is 1. The molecule has 0 bridgehead atoms. The van der Waals surface area contributed by atoms with Gasteiger partial charge in [0.15, 0.2) is 0 Å². The molecule has 2 aliphatic heterocycles. The van der Waals surface area contributed by atoms with Crippen LogP contribution in [0.4, 0.5) is 0 Å². The molecule has 3 aliphatic rings. The van der Waals surface area contributed by atoms with Crippen LogP contribution in [0.5, 0.6) is 0 Å². The summed E-state index contributed by atoms with van der Waals surface area (Å²) in [5, 5.41) is 0. The summed E-state index contributed by atoms with van der Waals surface area (Å²) in [4.78, 5) is 23.3. The number of imidazole rings is 1. The second kappa shape index (κ2) is 5.16. The molecule has 0 radical (unpaired) electrons. The fourth-order valence-corrected chi connectivity index (χ4v) is 4.33. The number of fused-ring (bicyclic) bond motifs is 1. The number of pyridine rings is 1. The average Bonchev–Trinajstić information content (AvgIpc) is 3.32. The first-order valence-corrected chi connectivity index (χ1v) is 8.98. The van der Waals surface area contributed by atoms with E-state index in [1.54, 1.807) is 6.20 Å². The lowest BCUT2D eigenvalue weighted by atomic mass is 9.77. The molecule has 5 nitrogen and oxygen atoms in total. The Balaban J connectivity index is 1.34. The van der Waals surface area contributed by atoms with Gasteiger partial charge in [0.05, 0.1) is 11.9 Å². The van der Waals surface area contributed by atoms with Crippen LogP contribution in [0.3, 0.4) is 0 Å². The summed E-state index contributed by atoms with van der Waals surface area (Å²) < 4.78 is 2.37. The van der Waals surface area contributed by atoms with Crippen LogP contribution in [0.2, 0.25) is 0 Å². The van der Waals surface area contributed by atoms with E-state index in [1.165, 1.54) is 11.5 Å². The number of hydrogen-bond acceptors (Lipinski definition) is 3. The van der Waals surface area contributed by atoms with E-state index in [0.717, 1.165) is 57.3 Å². The van der Waals surface area contributed by atoms with Gasteiger partial charge in [-0.25, -0.2) is 4.98 Å². The molecule has 2 aromatic heterocycles. The number of hydrogen-bond donors (Lipinski definition) is 0. The van der Waals surface area contributed by atoms with Crippen LogP contribution in [0.15, 0.2) is 30.7 Å². The molecule has 0 unspecified atom stereocenters. The molecule has 1 saturated carbocycles. The van der Waals surface area contributed by atoms with Crippen molar-refractivity contribution in [3.8, 4) is 11.3 Å². The van der Waals surface area contributed by atoms with Crippen LogP contribution in [0.25, 0.3) is 11.3 Å². The van der Waals surface area contributed by atoms with Crippen molar-refractivity contribution in [2.75, 3.05) is 13.1 Å². The summed E-state index contributed by atoms with van der Waals surface area (Å²) in [5.41, 5.74) is 2.60. The lowest BCUT2D eigenvalue weighted by Crippen LogP contribution is -2.44. The Morgan fingerprint density at radius 1 is 1.21 bits per heavy atom. The highest BCUT2D eigenvalue weighted by atomic mass is 16.2. The van der Waals surface area contributed by atoms with E-state index in [9.17, 15) is 4.79 Å². The van der Waals surface area contributed by atoms with Crippen LogP contribution in [0, 0.1) is 11.3 Å². The smallest absolute Gasteiger partial charge is 0.225 e. The van der Waals surface area contributed by atoms with E-state index in [1.807, 2.05) is 18.5 Å². The molecular formula is C19H22N4O. The summed E-state index contributed by atoms with van der Waals surface area (Å²) in [6, 6.07) is 4.07. The van der Waals surface area contributed by atoms with E-state index in [0.29, 0.717) is 17.2 Å². The monoisotopic (exact) mass is 322 g/mol. The van der Waals surface area contributed by atoms with Crippen molar-refractivity contribution in [3.63, 3.8) is 0 Å². The van der Waals surface area contributed by atoms with Crippen molar-refractivity contribution in [2.45, 2.75) is 38.6 Å². The zero-order chi connectivity index (χ0) is 16.1. The van der Waals surface area contributed by atoms with Gasteiger partial charge in [-0.1, -0.05) is 0 Å². The first-order chi connectivity index (χ1) is 11.7. The highest BCUT2D eigenvalue weighted by Crippen LogP contribution is 2.44. The Kier molecular flexibility index (Phi) is 3.05. The lowest BCUT2D eigenvalue weighted by molar-refractivity contribution is -0.134. The molecule has 2 fully saturated rings. The van der Waals surface area contributed by atoms with Gasteiger partial charge >= 0.3 is 0 Å². The predicted molar refractivity (Wildman–Crippen MR) is 90.1 cm³/mol. The molecule has 5 rings (SSSR count). The van der Waals surface area contributed by atoms with Crippen molar-refractivity contribution in [1.82, 2.24) is 19.4 Å². The van der Waals surface area contributed by atoms with E-state index in [-0.39, 0.29) is 0 Å². The topological polar surface area (TPSA) is 51.0 Å². The van der Waals surface area contributed by atoms with Gasteiger partial charge in [0.1, 0.15) is 5.82 Å². The maximum Gasteiger partial charge on any atom is 0.225 e. The van der Waals surface area contributed by atoms with Gasteiger partial charge in [-0.3, -0.25) is 9.78 Å². The van der Waals surface area contributed by atoms with E-state index in [2.05, 4.69) is 25.5 Å². The second-order valence-electron chi connectivity index (χ2n) is 7.66. The normalized spacial score (nSPS) is 21.9. The van der Waals surface area contributed by atoms with E-state index in [4.69, 9.17) is 0 Å². The van der Waals surface area contributed by atoms with Crippen LogP contribution in [-0.4, -0.2) is 38.4 Å². The summed E-state index contributed by atoms with van der Waals surface area (Å²) in [6.07, 6.45) is 11.1. The highest BCUT2D eigenvalue weighted by Gasteiger charge is 2.44. The molecule has 0 atom stereocenters. The number of likely N-dealkylation sites (tertiary alicyclic amines) is 1. The molecule has 0 N–H and O–H groups in total. The number of amides is 1. The number of nitrogens with zero attached hydrogens (tertiary/aromatic N) is 4. The molecule has 1 aliphatic carbocycles. The molecule has 24 heavy (non-hydrogen) atoms. The minimum Gasteiger partial charge on any atom is -0.342 e. The zero-order valence-corrected chi connectivity index (χ0v) is 13.8. The standard InChI is InChI=1S/C19H22N4O/c24-18(14-3-4-14)22-8-5-19(6-9-22)10-17-21-12-16(23(17)13-19)15-2-1-7-20-11-15/h1-2,7,11-12,14H,3-6,8-10,13H2. The van der Waals surface area contributed by atoms with Gasteiger partial charge in [-0.15, -0.1) is 0 Å². The number of piperidine rings is 1. The molecule has 5 heteroatoms. The Labute approximate surface area is 141 Å². The van der Waals surface area contributed by atoms with Crippen molar-refractivity contribution in [1.29, 1.82) is 0 Å². The van der Waals surface area contributed by atoms with Crippen LogP contribution < -0.4 is 0 Å². The molecule has 0 aromatic carbocycles. The maximum atomic E-state index is 12.3. The highest BCUT2D eigenvalue weighted by molar-refractivity contribution is 5.81. The third-order valence-electron chi connectivity index (χ3n) is 5.98. The Morgan fingerprint density at radius 2 is 2.04 bits per heavy atom. The first kappa shape index (κ1) is 14.2. The minimum atomic E-state index is 0.293. The number of rotatable bonds is 2. The van der Waals surface area contributed by atoms with Crippen LogP contribution in [-0.2, 0) is 17.8 Å². The van der Waals surface area contributed by atoms with Gasteiger partial charge in [0, 0.05) is 49.9 Å². The fraction of sp³-hybridized carbons (Fsp3) is 0.526. The van der Waals surface area contributed by atoms with Crippen molar-refractivity contribution in [3.05, 3.63) is 36.5 Å². The summed E-state index contributed by atoms with van der Waals surface area (Å²) in [6.45, 7) is 2.86. The zero-order valence-electron chi connectivity index (χ0n) is 13.8. The molecule has 124 valence electrons. The van der Waals surface area contributed by atoms with Crippen molar-refractivity contribution < 1.29 is 4.79 Å². The van der Waals surface area contributed by atoms with Crippen molar-refractivity contribution in [2.24, 2.45) is 11.3 Å². The summed E-state index contributed by atoms with van der Waals surface area (Å²) >= 11 is 0. The van der Waals surface area contributed by atoms with Crippen LogP contribution >= 0.6 is 0 Å². The minimum absolute atomic E-state index is 0.293. The van der Waals surface area contributed by atoms with Gasteiger partial charge in [-0.05, 0) is 43.2 Å². The molecule has 2 aromatic rings. The average molecular weight is 322 g/mol. The fourth-order valence-electron chi connectivity index (χ4n) is 4.33. The quantitative estimate of drug-likeness (QED) is 0.854. The second-order valence-corrected chi connectivity index (χ2v) is 7.66. The first-order valence-electron chi connectivity index (χ1n) is 8.98. The van der Waals surface area contributed by atoms with Gasteiger partial charge < -0.3 is 9.47 Å². The molecule has 1 amide bonds.